The molecule has 0 aromatic carbocycles. The number of anilines is 2. The van der Waals surface area contributed by atoms with Crippen molar-refractivity contribution in [2.45, 2.75) is 20.4 Å². The lowest BCUT2D eigenvalue weighted by molar-refractivity contribution is 1.07. The van der Waals surface area contributed by atoms with Crippen molar-refractivity contribution < 1.29 is 0 Å². The minimum atomic E-state index is 0.726. The second-order valence-corrected chi connectivity index (χ2v) is 4.08. The van der Waals surface area contributed by atoms with Gasteiger partial charge < -0.3 is 11.1 Å². The van der Waals surface area contributed by atoms with Gasteiger partial charge in [0.1, 0.15) is 5.82 Å². The van der Waals surface area contributed by atoms with E-state index in [4.69, 9.17) is 5.73 Å². The fourth-order valence-electron chi connectivity index (χ4n) is 1.52. The van der Waals surface area contributed by atoms with E-state index in [1.807, 2.05) is 32.2 Å². The van der Waals surface area contributed by atoms with Crippen LogP contribution in [0, 0.1) is 13.8 Å². The molecule has 0 spiro atoms. The second-order valence-electron chi connectivity index (χ2n) is 4.08. The highest BCUT2D eigenvalue weighted by Gasteiger charge is 2.00. The number of rotatable bonds is 3. The van der Waals surface area contributed by atoms with E-state index in [0.29, 0.717) is 0 Å². The Kier molecular flexibility index (Phi) is 3.23. The highest BCUT2D eigenvalue weighted by molar-refractivity contribution is 5.53. The zero-order chi connectivity index (χ0) is 12.3. The van der Waals surface area contributed by atoms with Crippen LogP contribution in [0.3, 0.4) is 0 Å². The standard InChI is InChI=1S/C13H16N4/c1-9-6-15-4-3-11(9)8-17-13-5-12(14)10(2)7-16-13/h3-7H,8H2,1-2H3,(H3,14,16,17). The highest BCUT2D eigenvalue weighted by Crippen LogP contribution is 2.15. The van der Waals surface area contributed by atoms with Crippen LogP contribution >= 0.6 is 0 Å². The maximum absolute atomic E-state index is 5.83. The largest absolute Gasteiger partial charge is 0.398 e. The number of aryl methyl sites for hydroxylation is 2. The minimum absolute atomic E-state index is 0.726. The van der Waals surface area contributed by atoms with E-state index in [1.54, 1.807) is 12.4 Å². The van der Waals surface area contributed by atoms with E-state index in [2.05, 4.69) is 15.3 Å². The first-order valence-electron chi connectivity index (χ1n) is 5.52. The zero-order valence-electron chi connectivity index (χ0n) is 10.1. The van der Waals surface area contributed by atoms with Crippen LogP contribution in [-0.2, 0) is 6.54 Å². The third-order valence-electron chi connectivity index (χ3n) is 2.74. The average Bonchev–Trinajstić information content (AvgIpc) is 2.32. The van der Waals surface area contributed by atoms with Crippen LogP contribution in [0.4, 0.5) is 11.5 Å². The third-order valence-corrected chi connectivity index (χ3v) is 2.74. The summed E-state index contributed by atoms with van der Waals surface area (Å²) in [7, 11) is 0. The number of nitrogens with zero attached hydrogens (tertiary/aromatic N) is 2. The molecule has 2 aromatic heterocycles. The molecule has 0 radical (unpaired) electrons. The van der Waals surface area contributed by atoms with Gasteiger partial charge in [-0.3, -0.25) is 4.98 Å². The van der Waals surface area contributed by atoms with E-state index in [0.717, 1.165) is 23.6 Å². The molecule has 4 nitrogen and oxygen atoms in total. The van der Waals surface area contributed by atoms with Crippen molar-refractivity contribution in [1.82, 2.24) is 9.97 Å². The summed E-state index contributed by atoms with van der Waals surface area (Å²) in [6, 6.07) is 3.85. The maximum atomic E-state index is 5.83. The number of hydrogen-bond donors (Lipinski definition) is 2. The molecule has 0 fully saturated rings. The first-order valence-corrected chi connectivity index (χ1v) is 5.52. The van der Waals surface area contributed by atoms with Gasteiger partial charge in [0.2, 0.25) is 0 Å². The Morgan fingerprint density at radius 3 is 2.76 bits per heavy atom. The summed E-state index contributed by atoms with van der Waals surface area (Å²) in [6.07, 6.45) is 5.42. The van der Waals surface area contributed by atoms with Gasteiger partial charge in [0.05, 0.1) is 0 Å². The van der Waals surface area contributed by atoms with Gasteiger partial charge in [0.25, 0.3) is 0 Å². The number of hydrogen-bond acceptors (Lipinski definition) is 4. The fourth-order valence-corrected chi connectivity index (χ4v) is 1.52. The maximum Gasteiger partial charge on any atom is 0.128 e. The minimum Gasteiger partial charge on any atom is -0.398 e. The molecule has 0 amide bonds. The molecule has 0 aliphatic carbocycles. The van der Waals surface area contributed by atoms with Gasteiger partial charge in [-0.15, -0.1) is 0 Å². The molecule has 0 bridgehead atoms. The van der Waals surface area contributed by atoms with Crippen molar-refractivity contribution >= 4 is 11.5 Å². The molecule has 0 saturated carbocycles. The Morgan fingerprint density at radius 1 is 1.24 bits per heavy atom. The molecular weight excluding hydrogens is 212 g/mol. The third kappa shape index (κ3) is 2.72. The van der Waals surface area contributed by atoms with Gasteiger partial charge in [0.15, 0.2) is 0 Å². The van der Waals surface area contributed by atoms with Crippen LogP contribution in [0.25, 0.3) is 0 Å². The van der Waals surface area contributed by atoms with Crippen molar-refractivity contribution in [3.8, 4) is 0 Å². The normalized spacial score (nSPS) is 10.2. The first-order chi connectivity index (χ1) is 8.16. The summed E-state index contributed by atoms with van der Waals surface area (Å²) in [5.74, 6) is 0.796. The number of nitrogens with two attached hydrogens (primary N) is 1. The summed E-state index contributed by atoms with van der Waals surface area (Å²) < 4.78 is 0. The molecule has 88 valence electrons. The summed E-state index contributed by atoms with van der Waals surface area (Å²) in [5.41, 5.74) is 9.96. The van der Waals surface area contributed by atoms with Gasteiger partial charge in [-0.05, 0) is 36.6 Å². The number of nitrogens with one attached hydrogen (secondary N) is 1. The summed E-state index contributed by atoms with van der Waals surface area (Å²) in [5, 5.41) is 3.25. The average molecular weight is 228 g/mol. The van der Waals surface area contributed by atoms with E-state index in [1.165, 1.54) is 11.1 Å². The van der Waals surface area contributed by atoms with Gasteiger partial charge in [0, 0.05) is 36.9 Å². The van der Waals surface area contributed by atoms with Gasteiger partial charge in [-0.1, -0.05) is 0 Å². The van der Waals surface area contributed by atoms with Crippen LogP contribution in [0.5, 0.6) is 0 Å². The lowest BCUT2D eigenvalue weighted by Crippen LogP contribution is -2.04. The van der Waals surface area contributed by atoms with E-state index < -0.39 is 0 Å². The van der Waals surface area contributed by atoms with Crippen molar-refractivity contribution in [1.29, 1.82) is 0 Å². The molecule has 0 aliphatic rings. The summed E-state index contributed by atoms with van der Waals surface area (Å²) in [4.78, 5) is 8.34. The first kappa shape index (κ1) is 11.4. The molecule has 17 heavy (non-hydrogen) atoms. The molecule has 2 rings (SSSR count). The monoisotopic (exact) mass is 228 g/mol. The van der Waals surface area contributed by atoms with Gasteiger partial charge in [-0.25, -0.2) is 4.98 Å². The molecular formula is C13H16N4. The fraction of sp³-hybridized carbons (Fsp3) is 0.231. The van der Waals surface area contributed by atoms with Crippen LogP contribution in [0.2, 0.25) is 0 Å². The van der Waals surface area contributed by atoms with Crippen LogP contribution in [-0.4, -0.2) is 9.97 Å². The Hall–Kier alpha value is -2.10. The smallest absolute Gasteiger partial charge is 0.128 e. The Balaban J connectivity index is 2.08. The topological polar surface area (TPSA) is 63.8 Å². The molecule has 0 unspecified atom stereocenters. The van der Waals surface area contributed by atoms with Crippen LogP contribution in [0.1, 0.15) is 16.7 Å². The second kappa shape index (κ2) is 4.82. The summed E-state index contributed by atoms with van der Waals surface area (Å²) in [6.45, 7) is 4.71. The number of pyridine rings is 2. The predicted molar refractivity (Wildman–Crippen MR) is 69.7 cm³/mol. The molecule has 2 aromatic rings. The van der Waals surface area contributed by atoms with Gasteiger partial charge in [-0.2, -0.15) is 0 Å². The molecule has 0 saturated heterocycles. The van der Waals surface area contributed by atoms with Crippen molar-refractivity contribution in [2.75, 3.05) is 11.1 Å². The van der Waals surface area contributed by atoms with E-state index in [-0.39, 0.29) is 0 Å². The van der Waals surface area contributed by atoms with Crippen molar-refractivity contribution in [2.24, 2.45) is 0 Å². The SMILES string of the molecule is Cc1cnc(NCc2ccncc2C)cc1N. The quantitative estimate of drug-likeness (QED) is 0.846. The Morgan fingerprint density at radius 2 is 2.06 bits per heavy atom. The highest BCUT2D eigenvalue weighted by atomic mass is 15.0. The lowest BCUT2D eigenvalue weighted by atomic mass is 10.1. The van der Waals surface area contributed by atoms with Crippen LogP contribution < -0.4 is 11.1 Å². The Labute approximate surface area is 101 Å². The molecule has 4 heteroatoms. The van der Waals surface area contributed by atoms with Crippen LogP contribution in [0.15, 0.2) is 30.7 Å². The summed E-state index contributed by atoms with van der Waals surface area (Å²) >= 11 is 0. The number of aromatic nitrogens is 2. The lowest BCUT2D eigenvalue weighted by Gasteiger charge is -2.09. The molecule has 0 atom stereocenters. The Bertz CT molecular complexity index is 523. The predicted octanol–water partition coefficient (Wildman–Crippen LogP) is 2.29. The molecule has 2 heterocycles. The number of nitrogen functional groups attached to an aromatic ring is 1. The molecule has 3 N–H and O–H groups in total. The van der Waals surface area contributed by atoms with E-state index >= 15 is 0 Å². The molecule has 0 aliphatic heterocycles. The van der Waals surface area contributed by atoms with Crippen molar-refractivity contribution in [3.05, 3.63) is 47.4 Å². The zero-order valence-corrected chi connectivity index (χ0v) is 10.1. The van der Waals surface area contributed by atoms with Crippen molar-refractivity contribution in [3.63, 3.8) is 0 Å². The van der Waals surface area contributed by atoms with E-state index in [9.17, 15) is 0 Å². The van der Waals surface area contributed by atoms with Gasteiger partial charge >= 0.3 is 0 Å².